The van der Waals surface area contributed by atoms with Crippen molar-refractivity contribution in [3.8, 4) is 0 Å². The van der Waals surface area contributed by atoms with Crippen LogP contribution in [0.2, 0.25) is 0 Å². The van der Waals surface area contributed by atoms with Crippen LogP contribution >= 0.6 is 0 Å². The second-order valence-corrected chi connectivity index (χ2v) is 5.55. The van der Waals surface area contributed by atoms with Crippen LogP contribution < -0.4 is 10.6 Å². The Kier molecular flexibility index (Phi) is 4.22. The first-order valence-corrected chi connectivity index (χ1v) is 6.90. The molecule has 0 radical (unpaired) electrons. The highest BCUT2D eigenvalue weighted by Gasteiger charge is 2.32. The third-order valence-electron chi connectivity index (χ3n) is 3.46. The molecule has 2 fully saturated rings. The summed E-state index contributed by atoms with van der Waals surface area (Å²) in [4.78, 5) is 25.3. The second-order valence-electron chi connectivity index (χ2n) is 5.55. The number of hydrogen-bond acceptors (Lipinski definition) is 3. The zero-order valence-corrected chi connectivity index (χ0v) is 11.2. The first kappa shape index (κ1) is 13.3. The van der Waals surface area contributed by atoms with E-state index in [1.807, 2.05) is 18.7 Å². The lowest BCUT2D eigenvalue weighted by Gasteiger charge is -2.18. The molecule has 2 aliphatic rings. The van der Waals surface area contributed by atoms with Crippen molar-refractivity contribution in [3.05, 3.63) is 0 Å². The molecule has 5 heteroatoms. The van der Waals surface area contributed by atoms with Crippen molar-refractivity contribution in [1.82, 2.24) is 15.5 Å². The van der Waals surface area contributed by atoms with Gasteiger partial charge in [-0.3, -0.25) is 9.59 Å². The fourth-order valence-corrected chi connectivity index (χ4v) is 2.32. The van der Waals surface area contributed by atoms with E-state index in [1.165, 1.54) is 0 Å². The Morgan fingerprint density at radius 1 is 1.39 bits per heavy atom. The third-order valence-corrected chi connectivity index (χ3v) is 3.46. The minimum Gasteiger partial charge on any atom is -0.354 e. The van der Waals surface area contributed by atoms with Gasteiger partial charge in [-0.05, 0) is 19.3 Å². The highest BCUT2D eigenvalue weighted by Crippen LogP contribution is 2.28. The summed E-state index contributed by atoms with van der Waals surface area (Å²) in [5.41, 5.74) is 0. The summed E-state index contributed by atoms with van der Waals surface area (Å²) in [5.74, 6) is 0.567. The van der Waals surface area contributed by atoms with Gasteiger partial charge in [0.1, 0.15) is 0 Å². The van der Waals surface area contributed by atoms with Gasteiger partial charge in [-0.2, -0.15) is 0 Å². The molecule has 0 aromatic carbocycles. The van der Waals surface area contributed by atoms with E-state index >= 15 is 0 Å². The molecule has 1 atom stereocenters. The topological polar surface area (TPSA) is 61.4 Å². The lowest BCUT2D eigenvalue weighted by molar-refractivity contribution is -0.130. The number of hydrogen-bond donors (Lipinski definition) is 2. The van der Waals surface area contributed by atoms with E-state index in [9.17, 15) is 9.59 Å². The molecular formula is C13H23N3O2. The van der Waals surface area contributed by atoms with Crippen LogP contribution in [-0.4, -0.2) is 48.4 Å². The number of rotatable bonds is 6. The van der Waals surface area contributed by atoms with Crippen molar-refractivity contribution in [2.75, 3.05) is 19.6 Å². The molecule has 0 spiro atoms. The van der Waals surface area contributed by atoms with Gasteiger partial charge in [0.05, 0.1) is 6.04 Å². The Bertz CT molecular complexity index is 326. The predicted molar refractivity (Wildman–Crippen MR) is 69.0 cm³/mol. The summed E-state index contributed by atoms with van der Waals surface area (Å²) in [6, 6.07) is 0.289. The molecule has 2 rings (SSSR count). The first-order valence-electron chi connectivity index (χ1n) is 6.90. The number of carbonyl (C=O) groups excluding carboxylic acids is 2. The van der Waals surface area contributed by atoms with Crippen LogP contribution in [0.15, 0.2) is 0 Å². The van der Waals surface area contributed by atoms with E-state index in [0.29, 0.717) is 19.1 Å². The van der Waals surface area contributed by atoms with E-state index in [4.69, 9.17) is 0 Å². The molecule has 0 aromatic rings. The molecule has 1 saturated heterocycles. The van der Waals surface area contributed by atoms with Gasteiger partial charge < -0.3 is 15.5 Å². The zero-order chi connectivity index (χ0) is 13.1. The van der Waals surface area contributed by atoms with E-state index < -0.39 is 0 Å². The van der Waals surface area contributed by atoms with Gasteiger partial charge in [0, 0.05) is 31.6 Å². The average molecular weight is 253 g/mol. The summed E-state index contributed by atoms with van der Waals surface area (Å²) in [5, 5.41) is 6.16. The van der Waals surface area contributed by atoms with Crippen molar-refractivity contribution >= 4 is 11.8 Å². The third kappa shape index (κ3) is 3.45. The van der Waals surface area contributed by atoms with Crippen molar-refractivity contribution < 1.29 is 9.59 Å². The van der Waals surface area contributed by atoms with E-state index in [-0.39, 0.29) is 23.8 Å². The van der Waals surface area contributed by atoms with Gasteiger partial charge in [0.15, 0.2) is 0 Å². The first-order chi connectivity index (χ1) is 8.58. The second kappa shape index (κ2) is 5.69. The molecule has 1 saturated carbocycles. The molecule has 2 amide bonds. The standard InChI is InChI=1S/C13H23N3O2/c1-9(2)15-11-5-7-16(13(11)18)8-6-14-12(17)10-3-4-10/h9-11,15H,3-8H2,1-2H3,(H,14,17). The van der Waals surface area contributed by atoms with E-state index in [0.717, 1.165) is 25.8 Å². The van der Waals surface area contributed by atoms with Gasteiger partial charge in [0.25, 0.3) is 0 Å². The van der Waals surface area contributed by atoms with Crippen molar-refractivity contribution in [1.29, 1.82) is 0 Å². The number of amides is 2. The summed E-state index contributed by atoms with van der Waals surface area (Å²) >= 11 is 0. The quantitative estimate of drug-likeness (QED) is 0.706. The zero-order valence-electron chi connectivity index (χ0n) is 11.2. The van der Waals surface area contributed by atoms with Crippen molar-refractivity contribution in [3.63, 3.8) is 0 Å². The van der Waals surface area contributed by atoms with Gasteiger partial charge in [0.2, 0.25) is 11.8 Å². The monoisotopic (exact) mass is 253 g/mol. The maximum Gasteiger partial charge on any atom is 0.239 e. The van der Waals surface area contributed by atoms with Crippen LogP contribution in [0.1, 0.15) is 33.1 Å². The SMILES string of the molecule is CC(C)NC1CCN(CCNC(=O)C2CC2)C1=O. The van der Waals surface area contributed by atoms with Crippen LogP contribution in [0.3, 0.4) is 0 Å². The van der Waals surface area contributed by atoms with Crippen LogP contribution in [0.4, 0.5) is 0 Å². The fraction of sp³-hybridized carbons (Fsp3) is 0.846. The maximum atomic E-state index is 12.0. The van der Waals surface area contributed by atoms with E-state index in [2.05, 4.69) is 10.6 Å². The smallest absolute Gasteiger partial charge is 0.239 e. The molecule has 102 valence electrons. The van der Waals surface area contributed by atoms with Gasteiger partial charge >= 0.3 is 0 Å². The van der Waals surface area contributed by atoms with Gasteiger partial charge in [-0.25, -0.2) is 0 Å². The molecule has 1 aliphatic heterocycles. The Labute approximate surface area is 108 Å². The van der Waals surface area contributed by atoms with Crippen molar-refractivity contribution in [2.24, 2.45) is 5.92 Å². The van der Waals surface area contributed by atoms with Gasteiger partial charge in [-0.15, -0.1) is 0 Å². The Morgan fingerprint density at radius 3 is 2.72 bits per heavy atom. The summed E-state index contributed by atoms with van der Waals surface area (Å²) in [7, 11) is 0. The molecule has 1 aliphatic carbocycles. The maximum absolute atomic E-state index is 12.0. The highest BCUT2D eigenvalue weighted by molar-refractivity contribution is 5.84. The molecule has 0 aromatic heterocycles. The van der Waals surface area contributed by atoms with Crippen molar-refractivity contribution in [2.45, 2.75) is 45.2 Å². The Morgan fingerprint density at radius 2 is 2.11 bits per heavy atom. The van der Waals surface area contributed by atoms with Crippen LogP contribution in [0, 0.1) is 5.92 Å². The molecule has 1 unspecified atom stereocenters. The minimum absolute atomic E-state index is 0.0378. The summed E-state index contributed by atoms with van der Waals surface area (Å²) in [6.45, 7) is 6.10. The Hall–Kier alpha value is -1.10. The summed E-state index contributed by atoms with van der Waals surface area (Å²) < 4.78 is 0. The molecule has 2 N–H and O–H groups in total. The van der Waals surface area contributed by atoms with Gasteiger partial charge in [-0.1, -0.05) is 13.8 Å². The average Bonchev–Trinajstić information content (AvgIpc) is 3.09. The molecule has 0 bridgehead atoms. The summed E-state index contributed by atoms with van der Waals surface area (Å²) in [6.07, 6.45) is 2.91. The Balaban J connectivity index is 1.67. The van der Waals surface area contributed by atoms with Crippen LogP contribution in [0.25, 0.3) is 0 Å². The lowest BCUT2D eigenvalue weighted by Crippen LogP contribution is -2.43. The molecule has 5 nitrogen and oxygen atoms in total. The molecule has 1 heterocycles. The molecular weight excluding hydrogens is 230 g/mol. The number of nitrogens with one attached hydrogen (secondary N) is 2. The number of carbonyl (C=O) groups is 2. The fourth-order valence-electron chi connectivity index (χ4n) is 2.32. The number of nitrogens with zero attached hydrogens (tertiary/aromatic N) is 1. The molecule has 18 heavy (non-hydrogen) atoms. The largest absolute Gasteiger partial charge is 0.354 e. The highest BCUT2D eigenvalue weighted by atomic mass is 16.2. The normalized spacial score (nSPS) is 23.8. The minimum atomic E-state index is -0.0378. The van der Waals surface area contributed by atoms with Crippen LogP contribution in [-0.2, 0) is 9.59 Å². The number of likely N-dealkylation sites (tertiary alicyclic amines) is 1. The predicted octanol–water partition coefficient (Wildman–Crippen LogP) is 0.111. The van der Waals surface area contributed by atoms with E-state index in [1.54, 1.807) is 0 Å². The lowest BCUT2D eigenvalue weighted by atomic mass is 10.2. The van der Waals surface area contributed by atoms with Crippen LogP contribution in [0.5, 0.6) is 0 Å².